The van der Waals surface area contributed by atoms with Crippen LogP contribution in [0.2, 0.25) is 0 Å². The van der Waals surface area contributed by atoms with Crippen LogP contribution in [0.4, 0.5) is 17.6 Å². The summed E-state index contributed by atoms with van der Waals surface area (Å²) in [7, 11) is 0. The number of rotatable bonds is 17. The van der Waals surface area contributed by atoms with Crippen LogP contribution >= 0.6 is 0 Å². The molecule has 15 heteroatoms. The fraction of sp³-hybridized carbons (Fsp3) is 0.500. The number of carbonyl (C=O) groups is 1. The lowest BCUT2D eigenvalue weighted by atomic mass is 9.92. The number of nitrogens with one attached hydrogen (secondary N) is 3. The minimum absolute atomic E-state index is 0.114. The molecule has 2 saturated heterocycles. The highest BCUT2D eigenvalue weighted by Crippen LogP contribution is 2.47. The molecule has 6 unspecified atom stereocenters. The molecule has 11 nitrogen and oxygen atoms in total. The second-order valence-electron chi connectivity index (χ2n) is 18.0. The average molecular weight is 907 g/mol. The highest BCUT2D eigenvalue weighted by Gasteiger charge is 2.45. The third-order valence-corrected chi connectivity index (χ3v) is 12.9. The zero-order valence-electron chi connectivity index (χ0n) is 36.9. The van der Waals surface area contributed by atoms with E-state index in [-0.39, 0.29) is 42.3 Å². The van der Waals surface area contributed by atoms with Crippen LogP contribution in [-0.4, -0.2) is 93.5 Å². The zero-order valence-corrected chi connectivity index (χ0v) is 36.9. The van der Waals surface area contributed by atoms with E-state index in [1.54, 1.807) is 0 Å². The molecule has 2 saturated carbocycles. The van der Waals surface area contributed by atoms with Crippen LogP contribution in [0.15, 0.2) is 84.9 Å². The minimum Gasteiger partial charge on any atom is -0.390 e. The molecule has 0 aromatic heterocycles. The molecule has 2 aliphatic heterocycles. The molecule has 65 heavy (non-hydrogen) atoms. The number of amides is 1. The summed E-state index contributed by atoms with van der Waals surface area (Å²) in [5.74, 6) is -2.39. The lowest BCUT2D eigenvalue weighted by Gasteiger charge is -2.27. The maximum Gasteiger partial charge on any atom is 0.217 e. The van der Waals surface area contributed by atoms with Gasteiger partial charge in [0.1, 0.15) is 36.9 Å². The Bertz CT molecular complexity index is 2140. The highest BCUT2D eigenvalue weighted by molar-refractivity contribution is 5.73. The van der Waals surface area contributed by atoms with E-state index in [4.69, 9.17) is 24.7 Å². The van der Waals surface area contributed by atoms with Crippen LogP contribution in [0, 0.1) is 23.3 Å². The molecule has 352 valence electrons. The fourth-order valence-corrected chi connectivity index (χ4v) is 8.88. The number of halogens is 4. The molecule has 4 fully saturated rings. The van der Waals surface area contributed by atoms with Gasteiger partial charge in [0.2, 0.25) is 5.91 Å². The predicted octanol–water partition coefficient (Wildman–Crippen LogP) is 6.08. The van der Waals surface area contributed by atoms with Gasteiger partial charge in [-0.3, -0.25) is 4.79 Å². The summed E-state index contributed by atoms with van der Waals surface area (Å²) in [6, 6.07) is 22.2. The van der Waals surface area contributed by atoms with Crippen molar-refractivity contribution >= 4 is 5.91 Å². The van der Waals surface area contributed by atoms with Gasteiger partial charge < -0.3 is 50.8 Å². The van der Waals surface area contributed by atoms with E-state index in [0.29, 0.717) is 63.6 Å². The van der Waals surface area contributed by atoms with E-state index in [1.807, 2.05) is 6.07 Å². The summed E-state index contributed by atoms with van der Waals surface area (Å²) in [5, 5.41) is 31.1. The lowest BCUT2D eigenvalue weighted by molar-refractivity contribution is -0.120. The number of nitrogens with two attached hydrogens (primary N) is 1. The highest BCUT2D eigenvalue weighted by atomic mass is 19.1. The van der Waals surface area contributed by atoms with Gasteiger partial charge in [-0.1, -0.05) is 48.5 Å². The van der Waals surface area contributed by atoms with E-state index in [1.165, 1.54) is 47.9 Å². The Morgan fingerprint density at radius 3 is 1.55 bits per heavy atom. The van der Waals surface area contributed by atoms with E-state index in [0.717, 1.165) is 56.2 Å². The smallest absolute Gasteiger partial charge is 0.217 e. The van der Waals surface area contributed by atoms with Crippen molar-refractivity contribution in [3.05, 3.63) is 142 Å². The van der Waals surface area contributed by atoms with E-state index in [9.17, 15) is 32.6 Å². The summed E-state index contributed by atoms with van der Waals surface area (Å²) in [6.07, 6.45) is 4.21. The first-order chi connectivity index (χ1) is 31.3. The van der Waals surface area contributed by atoms with Crippen molar-refractivity contribution in [1.82, 2.24) is 16.0 Å². The first-order valence-corrected chi connectivity index (χ1v) is 22.6. The lowest BCUT2D eigenvalue weighted by Crippen LogP contribution is -2.49. The van der Waals surface area contributed by atoms with Crippen LogP contribution in [-0.2, 0) is 47.7 Å². The Balaban J connectivity index is 0.000000195. The summed E-state index contributed by atoms with van der Waals surface area (Å²) < 4.78 is 75.9. The van der Waals surface area contributed by atoms with Gasteiger partial charge in [-0.15, -0.1) is 0 Å². The topological polar surface area (TPSA) is 157 Å². The summed E-state index contributed by atoms with van der Waals surface area (Å²) in [4.78, 5) is 11.7. The standard InChI is InChI=1S/C26H32F2N2O4.C24H30F2N2O3/c1-17(31)30-24(11-18-9-22(27)13-23(28)10-18)25(32)14-29-26(6-7-26)21-4-2-3-19(12-21)20-5-8-33-16-34-15-20;25-20-8-16(9-21(26)12-20)10-22(27)23(29)13-28-24(5-6-24)19-3-1-2-17(11-19)18-4-7-30-15-31-14-18/h2-4,9-10,12-13,20,24-25,29,32H,5-8,11,14-16H2,1H3,(H,30,31);1-3,8-9,11-12,18,22-23,28-29H,4-7,10,13-15,27H2. The van der Waals surface area contributed by atoms with Crippen molar-refractivity contribution in [3.63, 3.8) is 0 Å². The van der Waals surface area contributed by atoms with Gasteiger partial charge in [0.25, 0.3) is 0 Å². The van der Waals surface area contributed by atoms with Crippen LogP contribution in [0.1, 0.15) is 90.7 Å². The van der Waals surface area contributed by atoms with Gasteiger partial charge in [0, 0.05) is 61.1 Å². The van der Waals surface area contributed by atoms with Gasteiger partial charge in [0.05, 0.1) is 44.7 Å². The monoisotopic (exact) mass is 906 g/mol. The average Bonchev–Trinajstić information content (AvgIpc) is 4.19. The summed E-state index contributed by atoms with van der Waals surface area (Å²) in [6.45, 7) is 5.22. The number of aliphatic hydroxyl groups is 2. The number of ether oxygens (including phenoxy) is 4. The van der Waals surface area contributed by atoms with E-state index >= 15 is 0 Å². The number of hydrogen-bond donors (Lipinski definition) is 6. The first-order valence-electron chi connectivity index (χ1n) is 22.6. The van der Waals surface area contributed by atoms with Crippen LogP contribution < -0.4 is 21.7 Å². The van der Waals surface area contributed by atoms with Crippen molar-refractivity contribution in [2.45, 2.75) is 105 Å². The quantitative estimate of drug-likeness (QED) is 0.0687. The van der Waals surface area contributed by atoms with Gasteiger partial charge in [-0.05, 0) is 109 Å². The molecule has 0 radical (unpaired) electrons. The molecule has 1 amide bonds. The Hall–Kier alpha value is -4.29. The third kappa shape index (κ3) is 13.9. The van der Waals surface area contributed by atoms with Gasteiger partial charge >= 0.3 is 0 Å². The molecule has 0 spiro atoms. The minimum atomic E-state index is -0.941. The van der Waals surface area contributed by atoms with Gasteiger partial charge in [-0.25, -0.2) is 17.6 Å². The Labute approximate surface area is 378 Å². The van der Waals surface area contributed by atoms with E-state index in [2.05, 4.69) is 58.4 Å². The SMILES string of the molecule is CC(=O)NC(Cc1cc(F)cc(F)c1)C(O)CNC1(c2cccc(C3CCOCOC3)c2)CC1.NC(Cc1cc(F)cc(F)c1)C(O)CNC1(c2cccc(C3CCOCOC3)c2)CC1. The normalized spacial score (nSPS) is 21.9. The number of aliphatic hydroxyl groups excluding tert-OH is 2. The van der Waals surface area contributed by atoms with Crippen LogP contribution in [0.3, 0.4) is 0 Å². The number of benzene rings is 4. The predicted molar refractivity (Wildman–Crippen MR) is 237 cm³/mol. The Morgan fingerprint density at radius 1 is 0.662 bits per heavy atom. The largest absolute Gasteiger partial charge is 0.390 e. The van der Waals surface area contributed by atoms with Crippen LogP contribution in [0.5, 0.6) is 0 Å². The molecule has 4 aromatic rings. The maximum absolute atomic E-state index is 13.6. The summed E-state index contributed by atoms with van der Waals surface area (Å²) in [5.41, 5.74) is 11.3. The second kappa shape index (κ2) is 22.5. The fourth-order valence-electron chi connectivity index (χ4n) is 8.88. The first kappa shape index (κ1) is 48.6. The van der Waals surface area contributed by atoms with Crippen molar-refractivity contribution in [2.75, 3.05) is 53.1 Å². The van der Waals surface area contributed by atoms with E-state index < -0.39 is 47.6 Å². The van der Waals surface area contributed by atoms with Gasteiger partial charge in [-0.2, -0.15) is 0 Å². The summed E-state index contributed by atoms with van der Waals surface area (Å²) >= 11 is 0. The molecule has 0 bridgehead atoms. The molecule has 7 N–H and O–H groups in total. The maximum atomic E-state index is 13.6. The molecule has 6 atom stereocenters. The zero-order chi connectivity index (χ0) is 46.0. The third-order valence-electron chi connectivity index (χ3n) is 12.9. The Kier molecular flexibility index (Phi) is 16.8. The molecule has 8 rings (SSSR count). The van der Waals surface area contributed by atoms with Crippen molar-refractivity contribution in [2.24, 2.45) is 5.73 Å². The molecular formula is C50H62F4N4O7. The van der Waals surface area contributed by atoms with Crippen molar-refractivity contribution in [3.8, 4) is 0 Å². The molecule has 2 aliphatic carbocycles. The van der Waals surface area contributed by atoms with Crippen molar-refractivity contribution < 1.29 is 51.5 Å². The molecule has 4 aromatic carbocycles. The second-order valence-corrected chi connectivity index (χ2v) is 18.0. The van der Waals surface area contributed by atoms with Crippen molar-refractivity contribution in [1.29, 1.82) is 0 Å². The number of hydrogen-bond acceptors (Lipinski definition) is 10. The molecule has 4 aliphatic rings. The molecule has 2 heterocycles. The number of carbonyl (C=O) groups excluding carboxylic acids is 1. The molecular weight excluding hydrogens is 845 g/mol. The van der Waals surface area contributed by atoms with Gasteiger partial charge in [0.15, 0.2) is 0 Å². The van der Waals surface area contributed by atoms with Crippen LogP contribution in [0.25, 0.3) is 0 Å². The Morgan fingerprint density at radius 2 is 1.11 bits per heavy atom.